The molecule has 0 atom stereocenters. The lowest BCUT2D eigenvalue weighted by Gasteiger charge is -1.94. The molecule has 0 unspecified atom stereocenters. The van der Waals surface area contributed by atoms with Crippen LogP contribution in [0.25, 0.3) is 0 Å². The molecular formula is C5H11BO2. The van der Waals surface area contributed by atoms with Crippen LogP contribution in [-0.2, 0) is 0 Å². The number of rotatable bonds is 2. The molecule has 0 amide bonds. The van der Waals surface area contributed by atoms with E-state index in [4.69, 9.17) is 10.0 Å². The van der Waals surface area contributed by atoms with Gasteiger partial charge in [-0.25, -0.2) is 0 Å². The molecule has 0 fully saturated rings. The summed E-state index contributed by atoms with van der Waals surface area (Å²) in [6.07, 6.45) is 2.63. The Kier molecular flexibility index (Phi) is 3.57. The van der Waals surface area contributed by atoms with Gasteiger partial charge < -0.3 is 10.0 Å². The quantitative estimate of drug-likeness (QED) is 0.508. The van der Waals surface area contributed by atoms with Crippen LogP contribution in [0.4, 0.5) is 0 Å². The summed E-state index contributed by atoms with van der Waals surface area (Å²) in [7, 11) is -1.27. The van der Waals surface area contributed by atoms with Crippen LogP contribution in [0, 0.1) is 0 Å². The Morgan fingerprint density at radius 2 is 2.12 bits per heavy atom. The van der Waals surface area contributed by atoms with Crippen molar-refractivity contribution in [3.05, 3.63) is 11.5 Å². The lowest BCUT2D eigenvalue weighted by molar-refractivity contribution is 0.419. The largest absolute Gasteiger partial charge is 0.483 e. The highest BCUT2D eigenvalue weighted by Gasteiger charge is 2.06. The molecule has 0 bridgehead atoms. The fourth-order valence-corrected chi connectivity index (χ4v) is 0.427. The summed E-state index contributed by atoms with van der Waals surface area (Å²) in [4.78, 5) is 0. The van der Waals surface area contributed by atoms with E-state index in [0.29, 0.717) is 5.47 Å². The van der Waals surface area contributed by atoms with E-state index in [1.54, 1.807) is 13.0 Å². The Balaban J connectivity index is 3.61. The molecule has 0 saturated heterocycles. The van der Waals surface area contributed by atoms with E-state index >= 15 is 0 Å². The zero-order valence-electron chi connectivity index (χ0n) is 5.26. The molecule has 46 valence electrons. The summed E-state index contributed by atoms with van der Waals surface area (Å²) in [5.74, 6) is 0. The third-order valence-corrected chi connectivity index (χ3v) is 0.933. The Morgan fingerprint density at radius 3 is 2.25 bits per heavy atom. The zero-order valence-corrected chi connectivity index (χ0v) is 5.26. The standard InChI is InChI=1S/C5H11BO2/c1-3-4-5(2)6(7)8/h4,7-8H,3H2,1-2H3/b5-4+. The highest BCUT2D eigenvalue weighted by Crippen LogP contribution is 1.94. The second-order valence-electron chi connectivity index (χ2n) is 1.73. The molecule has 0 aliphatic rings. The maximum absolute atomic E-state index is 8.44. The lowest BCUT2D eigenvalue weighted by atomic mass is 9.80. The Bertz CT molecular complexity index is 88.4. The second kappa shape index (κ2) is 3.69. The van der Waals surface area contributed by atoms with E-state index in [-0.39, 0.29) is 0 Å². The van der Waals surface area contributed by atoms with Crippen LogP contribution in [0.2, 0.25) is 0 Å². The first-order valence-corrected chi connectivity index (χ1v) is 2.71. The van der Waals surface area contributed by atoms with Gasteiger partial charge in [0.2, 0.25) is 0 Å². The van der Waals surface area contributed by atoms with Crippen LogP contribution in [0.1, 0.15) is 20.3 Å². The third-order valence-electron chi connectivity index (χ3n) is 0.933. The van der Waals surface area contributed by atoms with Gasteiger partial charge in [-0.1, -0.05) is 13.0 Å². The van der Waals surface area contributed by atoms with Crippen LogP contribution in [-0.4, -0.2) is 17.2 Å². The van der Waals surface area contributed by atoms with Gasteiger partial charge in [-0.3, -0.25) is 0 Å². The molecule has 0 aromatic heterocycles. The van der Waals surface area contributed by atoms with Crippen LogP contribution in [0.15, 0.2) is 11.5 Å². The highest BCUT2D eigenvalue weighted by atomic mass is 16.4. The molecule has 0 aliphatic carbocycles. The van der Waals surface area contributed by atoms with Crippen LogP contribution < -0.4 is 0 Å². The minimum Gasteiger partial charge on any atom is -0.423 e. The number of hydrogen-bond donors (Lipinski definition) is 2. The normalized spacial score (nSPS) is 11.8. The van der Waals surface area contributed by atoms with E-state index in [1.807, 2.05) is 6.92 Å². The van der Waals surface area contributed by atoms with Crippen molar-refractivity contribution in [3.63, 3.8) is 0 Å². The van der Waals surface area contributed by atoms with E-state index < -0.39 is 7.12 Å². The molecule has 0 aliphatic heterocycles. The summed E-state index contributed by atoms with van der Waals surface area (Å²) < 4.78 is 0. The van der Waals surface area contributed by atoms with Gasteiger partial charge >= 0.3 is 7.12 Å². The first-order chi connectivity index (χ1) is 3.68. The van der Waals surface area contributed by atoms with Crippen molar-refractivity contribution < 1.29 is 10.0 Å². The predicted molar refractivity (Wildman–Crippen MR) is 34.2 cm³/mol. The molecule has 2 nitrogen and oxygen atoms in total. The topological polar surface area (TPSA) is 40.5 Å². The smallest absolute Gasteiger partial charge is 0.423 e. The SMILES string of the molecule is CC/C=C(\C)B(O)O. The molecule has 8 heavy (non-hydrogen) atoms. The third kappa shape index (κ3) is 2.83. The monoisotopic (exact) mass is 114 g/mol. The molecule has 2 N–H and O–H groups in total. The maximum atomic E-state index is 8.44. The zero-order chi connectivity index (χ0) is 6.57. The van der Waals surface area contributed by atoms with Crippen molar-refractivity contribution in [3.8, 4) is 0 Å². The molecule has 3 heteroatoms. The van der Waals surface area contributed by atoms with Crippen LogP contribution >= 0.6 is 0 Å². The summed E-state index contributed by atoms with van der Waals surface area (Å²) in [5.41, 5.74) is 0.618. The number of allylic oxidation sites excluding steroid dienone is 2. The molecule has 0 heterocycles. The van der Waals surface area contributed by atoms with Gasteiger partial charge in [-0.2, -0.15) is 0 Å². The van der Waals surface area contributed by atoms with Gasteiger partial charge in [0, 0.05) is 0 Å². The van der Waals surface area contributed by atoms with E-state index in [0.717, 1.165) is 6.42 Å². The summed E-state index contributed by atoms with van der Waals surface area (Å²) >= 11 is 0. The first-order valence-electron chi connectivity index (χ1n) is 2.71. The molecule has 0 aromatic carbocycles. The Labute approximate surface area is 50.0 Å². The van der Waals surface area contributed by atoms with E-state index in [1.165, 1.54) is 0 Å². The maximum Gasteiger partial charge on any atom is 0.483 e. The van der Waals surface area contributed by atoms with Crippen molar-refractivity contribution in [1.29, 1.82) is 0 Å². The van der Waals surface area contributed by atoms with Crippen molar-refractivity contribution in [2.45, 2.75) is 20.3 Å². The summed E-state index contributed by atoms with van der Waals surface area (Å²) in [6.45, 7) is 3.64. The fraction of sp³-hybridized carbons (Fsp3) is 0.600. The molecule has 0 aromatic rings. The van der Waals surface area contributed by atoms with Crippen molar-refractivity contribution in [2.24, 2.45) is 0 Å². The van der Waals surface area contributed by atoms with Gasteiger partial charge in [0.1, 0.15) is 0 Å². The lowest BCUT2D eigenvalue weighted by Crippen LogP contribution is -2.12. The Morgan fingerprint density at radius 1 is 1.62 bits per heavy atom. The van der Waals surface area contributed by atoms with Gasteiger partial charge in [-0.05, 0) is 18.8 Å². The highest BCUT2D eigenvalue weighted by molar-refractivity contribution is 6.50. The molecular weight excluding hydrogens is 103 g/mol. The van der Waals surface area contributed by atoms with Gasteiger partial charge in [0.05, 0.1) is 0 Å². The van der Waals surface area contributed by atoms with Gasteiger partial charge in [0.25, 0.3) is 0 Å². The predicted octanol–water partition coefficient (Wildman–Crippen LogP) is 0.355. The van der Waals surface area contributed by atoms with Crippen molar-refractivity contribution in [2.75, 3.05) is 0 Å². The summed E-state index contributed by atoms with van der Waals surface area (Å²) in [5, 5.41) is 16.9. The Hall–Kier alpha value is -0.275. The van der Waals surface area contributed by atoms with Crippen LogP contribution in [0.3, 0.4) is 0 Å². The second-order valence-corrected chi connectivity index (χ2v) is 1.73. The summed E-state index contributed by atoms with van der Waals surface area (Å²) in [6, 6.07) is 0. The van der Waals surface area contributed by atoms with E-state index in [2.05, 4.69) is 0 Å². The molecule has 0 radical (unpaired) electrons. The van der Waals surface area contributed by atoms with Gasteiger partial charge in [-0.15, -0.1) is 0 Å². The van der Waals surface area contributed by atoms with Gasteiger partial charge in [0.15, 0.2) is 0 Å². The first kappa shape index (κ1) is 7.72. The van der Waals surface area contributed by atoms with Crippen molar-refractivity contribution >= 4 is 7.12 Å². The molecule has 0 saturated carbocycles. The number of hydrogen-bond acceptors (Lipinski definition) is 2. The average Bonchev–Trinajstić information content (AvgIpc) is 1.67. The van der Waals surface area contributed by atoms with Crippen molar-refractivity contribution in [1.82, 2.24) is 0 Å². The average molecular weight is 114 g/mol. The minimum absolute atomic E-state index is 0.618. The molecule has 0 rings (SSSR count). The minimum atomic E-state index is -1.27. The molecule has 0 spiro atoms. The fourth-order valence-electron chi connectivity index (χ4n) is 0.427. The van der Waals surface area contributed by atoms with E-state index in [9.17, 15) is 0 Å². The van der Waals surface area contributed by atoms with Crippen LogP contribution in [0.5, 0.6) is 0 Å².